The quantitative estimate of drug-likeness (QED) is 0.846. The first-order valence-corrected chi connectivity index (χ1v) is 10.2. The molecule has 2 aromatic carbocycles. The van der Waals surface area contributed by atoms with E-state index in [0.29, 0.717) is 24.9 Å². The minimum absolute atomic E-state index is 0.0514. The van der Waals surface area contributed by atoms with Crippen LogP contribution in [-0.2, 0) is 14.3 Å². The summed E-state index contributed by atoms with van der Waals surface area (Å²) in [6.45, 7) is 4.58. The summed E-state index contributed by atoms with van der Waals surface area (Å²) in [5.74, 6) is -0.306. The fourth-order valence-corrected chi connectivity index (χ4v) is 4.39. The van der Waals surface area contributed by atoms with Gasteiger partial charge in [-0.25, -0.2) is 0 Å². The molecule has 2 aliphatic heterocycles. The van der Waals surface area contributed by atoms with Crippen LogP contribution in [0.3, 0.4) is 0 Å². The standard InChI is InChI=1S/C23H26N2O4/c1-14(2)12-18(23(28)25-11-10-20-21(25)19(26)13-29-20)24-22(27)17-9-5-7-15-6-3-4-8-16(15)17/h3-9,14,18,20-21H,10-13H2,1-2H3,(H,24,27)/t18-,20+,21+/m0/s1. The van der Waals surface area contributed by atoms with Gasteiger partial charge in [0, 0.05) is 12.1 Å². The average Bonchev–Trinajstić information content (AvgIpc) is 3.29. The van der Waals surface area contributed by atoms with E-state index in [-0.39, 0.29) is 36.2 Å². The number of likely N-dealkylation sites (tertiary alicyclic amines) is 1. The molecule has 4 rings (SSSR count). The van der Waals surface area contributed by atoms with Gasteiger partial charge in [-0.3, -0.25) is 14.4 Å². The Morgan fingerprint density at radius 1 is 1.17 bits per heavy atom. The van der Waals surface area contributed by atoms with E-state index < -0.39 is 12.1 Å². The Bertz CT molecular complexity index is 950. The molecule has 1 N–H and O–H groups in total. The van der Waals surface area contributed by atoms with Gasteiger partial charge in [0.05, 0.1) is 6.10 Å². The van der Waals surface area contributed by atoms with E-state index in [2.05, 4.69) is 5.32 Å². The van der Waals surface area contributed by atoms with Gasteiger partial charge >= 0.3 is 0 Å². The van der Waals surface area contributed by atoms with E-state index in [9.17, 15) is 14.4 Å². The van der Waals surface area contributed by atoms with Crippen LogP contribution < -0.4 is 5.32 Å². The molecule has 2 heterocycles. The van der Waals surface area contributed by atoms with Crippen molar-refractivity contribution in [3.63, 3.8) is 0 Å². The van der Waals surface area contributed by atoms with Crippen molar-refractivity contribution in [1.82, 2.24) is 10.2 Å². The zero-order valence-electron chi connectivity index (χ0n) is 16.8. The molecule has 29 heavy (non-hydrogen) atoms. The highest BCUT2D eigenvalue weighted by molar-refractivity contribution is 6.08. The summed E-state index contributed by atoms with van der Waals surface area (Å²) in [6, 6.07) is 12.1. The molecule has 2 fully saturated rings. The van der Waals surface area contributed by atoms with Crippen molar-refractivity contribution in [1.29, 1.82) is 0 Å². The SMILES string of the molecule is CC(C)C[C@H](NC(=O)c1cccc2ccccc12)C(=O)N1CC[C@H]2OCC(=O)[C@H]21. The summed E-state index contributed by atoms with van der Waals surface area (Å²) < 4.78 is 5.50. The first kappa shape index (κ1) is 19.6. The Morgan fingerprint density at radius 3 is 2.72 bits per heavy atom. The van der Waals surface area contributed by atoms with Crippen LogP contribution in [-0.4, -0.2) is 53.8 Å². The molecule has 6 heteroatoms. The third kappa shape index (κ3) is 3.77. The molecule has 0 aliphatic carbocycles. The summed E-state index contributed by atoms with van der Waals surface area (Å²) in [6.07, 6.45) is 0.964. The van der Waals surface area contributed by atoms with Gasteiger partial charge in [0.1, 0.15) is 18.7 Å². The third-order valence-corrected chi connectivity index (χ3v) is 5.74. The third-order valence-electron chi connectivity index (χ3n) is 5.74. The van der Waals surface area contributed by atoms with Gasteiger partial charge in [-0.15, -0.1) is 0 Å². The Labute approximate surface area is 170 Å². The lowest BCUT2D eigenvalue weighted by Gasteiger charge is -2.28. The van der Waals surface area contributed by atoms with Gasteiger partial charge in [0.25, 0.3) is 5.91 Å². The van der Waals surface area contributed by atoms with Crippen LogP contribution in [0.25, 0.3) is 10.8 Å². The van der Waals surface area contributed by atoms with E-state index in [1.54, 1.807) is 11.0 Å². The maximum absolute atomic E-state index is 13.3. The predicted molar refractivity (Wildman–Crippen MR) is 110 cm³/mol. The fraction of sp³-hybridized carbons (Fsp3) is 0.435. The summed E-state index contributed by atoms with van der Waals surface area (Å²) in [4.78, 5) is 40.2. The van der Waals surface area contributed by atoms with E-state index in [1.807, 2.05) is 50.2 Å². The van der Waals surface area contributed by atoms with Crippen molar-refractivity contribution in [2.24, 2.45) is 5.92 Å². The zero-order valence-corrected chi connectivity index (χ0v) is 16.8. The first-order valence-electron chi connectivity index (χ1n) is 10.2. The number of nitrogens with one attached hydrogen (secondary N) is 1. The average molecular weight is 394 g/mol. The normalized spacial score (nSPS) is 22.2. The molecule has 2 aliphatic rings. The van der Waals surface area contributed by atoms with E-state index in [4.69, 9.17) is 4.74 Å². The van der Waals surface area contributed by atoms with Crippen molar-refractivity contribution in [3.8, 4) is 0 Å². The predicted octanol–water partition coefficient (Wildman–Crippen LogP) is 2.55. The maximum atomic E-state index is 13.3. The second-order valence-corrected chi connectivity index (χ2v) is 8.26. The molecule has 152 valence electrons. The number of hydrogen-bond acceptors (Lipinski definition) is 4. The number of carbonyl (C=O) groups is 3. The van der Waals surface area contributed by atoms with Gasteiger partial charge < -0.3 is 15.0 Å². The number of hydrogen-bond donors (Lipinski definition) is 1. The number of nitrogens with zero attached hydrogens (tertiary/aromatic N) is 1. The molecule has 2 saturated heterocycles. The van der Waals surface area contributed by atoms with Gasteiger partial charge in [0.2, 0.25) is 5.91 Å². The summed E-state index contributed by atoms with van der Waals surface area (Å²) in [7, 11) is 0. The Balaban J connectivity index is 1.58. The molecular weight excluding hydrogens is 368 g/mol. The second-order valence-electron chi connectivity index (χ2n) is 8.26. The summed E-state index contributed by atoms with van der Waals surface area (Å²) >= 11 is 0. The van der Waals surface area contributed by atoms with Crippen molar-refractivity contribution < 1.29 is 19.1 Å². The highest BCUT2D eigenvalue weighted by Crippen LogP contribution is 2.28. The Hall–Kier alpha value is -2.73. The number of fused-ring (bicyclic) bond motifs is 2. The Kier molecular flexibility index (Phi) is 5.37. The van der Waals surface area contributed by atoms with Gasteiger partial charge in [-0.05, 0) is 35.6 Å². The number of carbonyl (C=O) groups excluding carboxylic acids is 3. The molecule has 0 unspecified atom stereocenters. The van der Waals surface area contributed by atoms with Crippen LogP contribution in [0.1, 0.15) is 37.0 Å². The second kappa shape index (κ2) is 7.95. The molecule has 0 bridgehead atoms. The lowest BCUT2D eigenvalue weighted by molar-refractivity contribution is -0.138. The minimum Gasteiger partial charge on any atom is -0.368 e. The van der Waals surface area contributed by atoms with E-state index in [0.717, 1.165) is 10.8 Å². The minimum atomic E-state index is -0.673. The molecule has 0 aromatic heterocycles. The summed E-state index contributed by atoms with van der Waals surface area (Å²) in [5.41, 5.74) is 0.546. The van der Waals surface area contributed by atoms with Gasteiger partial charge in [-0.1, -0.05) is 50.2 Å². The zero-order chi connectivity index (χ0) is 20.5. The van der Waals surface area contributed by atoms with Crippen LogP contribution in [0.2, 0.25) is 0 Å². The van der Waals surface area contributed by atoms with Crippen LogP contribution in [0, 0.1) is 5.92 Å². The number of amides is 2. The van der Waals surface area contributed by atoms with E-state index in [1.165, 1.54) is 0 Å². The maximum Gasteiger partial charge on any atom is 0.252 e. The highest BCUT2D eigenvalue weighted by atomic mass is 16.5. The smallest absolute Gasteiger partial charge is 0.252 e. The molecular formula is C23H26N2O4. The van der Waals surface area contributed by atoms with E-state index >= 15 is 0 Å². The monoisotopic (exact) mass is 394 g/mol. The fourth-order valence-electron chi connectivity index (χ4n) is 4.39. The lowest BCUT2D eigenvalue weighted by Crippen LogP contribution is -2.52. The largest absolute Gasteiger partial charge is 0.368 e. The number of ketones is 1. The van der Waals surface area contributed by atoms with Crippen LogP contribution >= 0.6 is 0 Å². The Morgan fingerprint density at radius 2 is 1.93 bits per heavy atom. The molecule has 0 spiro atoms. The van der Waals surface area contributed by atoms with Gasteiger partial charge in [0.15, 0.2) is 5.78 Å². The number of benzene rings is 2. The molecule has 2 amide bonds. The van der Waals surface area contributed by atoms with Crippen molar-refractivity contribution in [2.75, 3.05) is 13.2 Å². The number of rotatable bonds is 5. The van der Waals surface area contributed by atoms with Gasteiger partial charge in [-0.2, -0.15) is 0 Å². The van der Waals surface area contributed by atoms with Crippen molar-refractivity contribution in [2.45, 2.75) is 44.9 Å². The van der Waals surface area contributed by atoms with Crippen LogP contribution in [0.4, 0.5) is 0 Å². The molecule has 6 nitrogen and oxygen atoms in total. The van der Waals surface area contributed by atoms with Crippen LogP contribution in [0.5, 0.6) is 0 Å². The molecule has 2 aromatic rings. The molecule has 0 saturated carbocycles. The van der Waals surface area contributed by atoms with Crippen LogP contribution in [0.15, 0.2) is 42.5 Å². The number of ether oxygens (including phenoxy) is 1. The lowest BCUT2D eigenvalue weighted by atomic mass is 10.00. The number of Topliss-reactive ketones (excluding diaryl/α,β-unsaturated/α-hetero) is 1. The topological polar surface area (TPSA) is 75.7 Å². The highest BCUT2D eigenvalue weighted by Gasteiger charge is 2.48. The summed E-state index contributed by atoms with van der Waals surface area (Å²) in [5, 5.41) is 4.77. The first-order chi connectivity index (χ1) is 14.0. The van der Waals surface area contributed by atoms with Crippen molar-refractivity contribution >= 4 is 28.4 Å². The van der Waals surface area contributed by atoms with Crippen molar-refractivity contribution in [3.05, 3.63) is 48.0 Å². The molecule has 3 atom stereocenters. The molecule has 0 radical (unpaired) electrons.